The first-order valence-corrected chi connectivity index (χ1v) is 8.65. The number of rotatable bonds is 4. The lowest BCUT2D eigenvalue weighted by Crippen LogP contribution is -2.63. The van der Waals surface area contributed by atoms with Gasteiger partial charge in [0.05, 0.1) is 0 Å². The maximum atomic E-state index is 3.78. The Balaban J connectivity index is 1.62. The molecule has 0 aromatic rings. The van der Waals surface area contributed by atoms with Crippen molar-refractivity contribution in [3.63, 3.8) is 0 Å². The van der Waals surface area contributed by atoms with Crippen LogP contribution in [0.1, 0.15) is 64.7 Å². The molecule has 0 saturated carbocycles. The van der Waals surface area contributed by atoms with Gasteiger partial charge in [-0.25, -0.2) is 10.0 Å². The molecule has 110 valence electrons. The average Bonchev–Trinajstić information content (AvgIpc) is 2.45. The smallest absolute Gasteiger partial charge is 0.0263 e. The minimum atomic E-state index is 0.788. The highest BCUT2D eigenvalue weighted by Gasteiger charge is 2.40. The van der Waals surface area contributed by atoms with Crippen molar-refractivity contribution in [3.05, 3.63) is 0 Å². The fourth-order valence-corrected chi connectivity index (χ4v) is 4.44. The lowest BCUT2D eigenvalue weighted by Gasteiger charge is -2.54. The van der Waals surface area contributed by atoms with E-state index in [-0.39, 0.29) is 0 Å². The topological polar surface area (TPSA) is 18.5 Å². The molecule has 0 aromatic carbocycles. The summed E-state index contributed by atoms with van der Waals surface area (Å²) in [7, 11) is 0. The Kier molecular flexibility index (Phi) is 4.78. The number of nitrogens with zero attached hydrogens (tertiary/aromatic N) is 2. The monoisotopic (exact) mass is 265 g/mol. The first-order chi connectivity index (χ1) is 9.38. The molecule has 0 spiro atoms. The molecule has 3 heteroatoms. The van der Waals surface area contributed by atoms with Crippen molar-refractivity contribution in [1.82, 2.24) is 15.3 Å². The van der Waals surface area contributed by atoms with Gasteiger partial charge in [-0.1, -0.05) is 19.8 Å². The van der Waals surface area contributed by atoms with Crippen molar-refractivity contribution in [3.8, 4) is 0 Å². The van der Waals surface area contributed by atoms with Crippen molar-refractivity contribution in [2.24, 2.45) is 0 Å². The molecule has 19 heavy (non-hydrogen) atoms. The predicted molar refractivity (Wildman–Crippen MR) is 80.0 cm³/mol. The average molecular weight is 265 g/mol. The third-order valence-corrected chi connectivity index (χ3v) is 5.28. The Labute approximate surface area is 118 Å². The number of hydrogen-bond donors (Lipinski definition) is 1. The zero-order valence-corrected chi connectivity index (χ0v) is 12.6. The van der Waals surface area contributed by atoms with E-state index in [1.54, 1.807) is 0 Å². The summed E-state index contributed by atoms with van der Waals surface area (Å²) in [6.07, 6.45) is 12.6. The number of nitrogens with one attached hydrogen (secondary N) is 1. The van der Waals surface area contributed by atoms with Crippen LogP contribution in [0.2, 0.25) is 0 Å². The minimum absolute atomic E-state index is 0.788. The molecule has 2 atom stereocenters. The molecule has 3 fully saturated rings. The molecule has 3 saturated heterocycles. The molecule has 0 aliphatic carbocycles. The standard InChI is InChI=1S/C16H31N3/c1-2-9-17-14-12-15-7-6-8-16(13-14)19(15)18-10-4-3-5-11-18/h14-17H,2-13H2,1H3. The molecular weight excluding hydrogens is 234 g/mol. The Bertz CT molecular complexity index is 261. The van der Waals surface area contributed by atoms with Gasteiger partial charge in [-0.15, -0.1) is 0 Å². The van der Waals surface area contributed by atoms with Gasteiger partial charge in [0.25, 0.3) is 0 Å². The van der Waals surface area contributed by atoms with Crippen LogP contribution in [-0.4, -0.2) is 47.8 Å². The largest absolute Gasteiger partial charge is 0.314 e. The number of hydrogen-bond acceptors (Lipinski definition) is 3. The maximum Gasteiger partial charge on any atom is 0.0263 e. The summed E-state index contributed by atoms with van der Waals surface area (Å²) in [5, 5.41) is 9.32. The van der Waals surface area contributed by atoms with Crippen molar-refractivity contribution in [2.75, 3.05) is 19.6 Å². The fourth-order valence-electron chi connectivity index (χ4n) is 4.44. The van der Waals surface area contributed by atoms with Crippen LogP contribution >= 0.6 is 0 Å². The van der Waals surface area contributed by atoms with E-state index in [1.807, 2.05) is 0 Å². The van der Waals surface area contributed by atoms with Crippen LogP contribution in [0.5, 0.6) is 0 Å². The molecule has 0 amide bonds. The molecule has 0 aromatic heterocycles. The van der Waals surface area contributed by atoms with E-state index >= 15 is 0 Å². The zero-order valence-electron chi connectivity index (χ0n) is 12.6. The van der Waals surface area contributed by atoms with Crippen molar-refractivity contribution in [2.45, 2.75) is 82.8 Å². The van der Waals surface area contributed by atoms with Gasteiger partial charge < -0.3 is 5.32 Å². The van der Waals surface area contributed by atoms with E-state index in [0.717, 1.165) is 18.1 Å². The lowest BCUT2D eigenvalue weighted by atomic mass is 9.82. The van der Waals surface area contributed by atoms with E-state index in [4.69, 9.17) is 0 Å². The third-order valence-electron chi connectivity index (χ3n) is 5.28. The quantitative estimate of drug-likeness (QED) is 0.843. The third kappa shape index (κ3) is 3.14. The van der Waals surface area contributed by atoms with Crippen LogP contribution in [-0.2, 0) is 0 Å². The van der Waals surface area contributed by atoms with Crippen molar-refractivity contribution >= 4 is 0 Å². The normalized spacial score (nSPS) is 37.4. The van der Waals surface area contributed by atoms with E-state index in [9.17, 15) is 0 Å². The van der Waals surface area contributed by atoms with Gasteiger partial charge in [-0.2, -0.15) is 0 Å². The summed E-state index contributed by atoms with van der Waals surface area (Å²) >= 11 is 0. The molecule has 0 radical (unpaired) electrons. The highest BCUT2D eigenvalue weighted by molar-refractivity contribution is 4.94. The summed E-state index contributed by atoms with van der Waals surface area (Å²) < 4.78 is 0. The number of fused-ring (bicyclic) bond motifs is 2. The molecule has 2 unspecified atom stereocenters. The summed E-state index contributed by atoms with van der Waals surface area (Å²) in [5.41, 5.74) is 0. The highest BCUT2D eigenvalue weighted by Crippen LogP contribution is 2.36. The second-order valence-corrected chi connectivity index (χ2v) is 6.76. The molecule has 3 aliphatic heterocycles. The second-order valence-electron chi connectivity index (χ2n) is 6.76. The molecule has 3 rings (SSSR count). The zero-order chi connectivity index (χ0) is 13.1. The van der Waals surface area contributed by atoms with E-state index < -0.39 is 0 Å². The Morgan fingerprint density at radius 1 is 0.947 bits per heavy atom. The molecule has 1 N–H and O–H groups in total. The summed E-state index contributed by atoms with van der Waals surface area (Å²) in [6, 6.07) is 2.45. The van der Waals surface area contributed by atoms with Crippen LogP contribution in [0.25, 0.3) is 0 Å². The molecule has 3 aliphatic rings. The molecule has 3 nitrogen and oxygen atoms in total. The van der Waals surface area contributed by atoms with Gasteiger partial charge in [-0.05, 0) is 51.5 Å². The van der Waals surface area contributed by atoms with Gasteiger partial charge in [0.15, 0.2) is 0 Å². The first kappa shape index (κ1) is 13.8. The van der Waals surface area contributed by atoms with Crippen molar-refractivity contribution < 1.29 is 0 Å². The number of piperidine rings is 3. The molecular formula is C16H31N3. The van der Waals surface area contributed by atoms with Crippen molar-refractivity contribution in [1.29, 1.82) is 0 Å². The van der Waals surface area contributed by atoms with Gasteiger partial charge in [0.2, 0.25) is 0 Å². The summed E-state index contributed by atoms with van der Waals surface area (Å²) in [4.78, 5) is 0. The van der Waals surface area contributed by atoms with Gasteiger partial charge in [0, 0.05) is 31.2 Å². The van der Waals surface area contributed by atoms with Crippen LogP contribution in [0, 0.1) is 0 Å². The second kappa shape index (κ2) is 6.55. The lowest BCUT2D eigenvalue weighted by molar-refractivity contribution is -0.147. The number of hydrazine groups is 1. The Hall–Kier alpha value is -0.120. The summed E-state index contributed by atoms with van der Waals surface area (Å²) in [6.45, 7) is 6.12. The van der Waals surface area contributed by atoms with Crippen LogP contribution in [0.15, 0.2) is 0 Å². The van der Waals surface area contributed by atoms with E-state index in [2.05, 4.69) is 22.3 Å². The van der Waals surface area contributed by atoms with Gasteiger partial charge in [-0.3, -0.25) is 0 Å². The van der Waals surface area contributed by atoms with Crippen LogP contribution < -0.4 is 5.32 Å². The SMILES string of the molecule is CCCNC1CC2CCCC(C1)N2N1CCCCC1. The molecule has 2 bridgehead atoms. The fraction of sp³-hybridized carbons (Fsp3) is 1.00. The van der Waals surface area contributed by atoms with Crippen LogP contribution in [0.4, 0.5) is 0 Å². The van der Waals surface area contributed by atoms with Gasteiger partial charge >= 0.3 is 0 Å². The Morgan fingerprint density at radius 2 is 1.63 bits per heavy atom. The summed E-state index contributed by atoms with van der Waals surface area (Å²) in [5.74, 6) is 0. The van der Waals surface area contributed by atoms with E-state index in [0.29, 0.717) is 0 Å². The minimum Gasteiger partial charge on any atom is -0.314 e. The molecule has 3 heterocycles. The van der Waals surface area contributed by atoms with Crippen LogP contribution in [0.3, 0.4) is 0 Å². The maximum absolute atomic E-state index is 3.78. The van der Waals surface area contributed by atoms with Gasteiger partial charge in [0.1, 0.15) is 0 Å². The first-order valence-electron chi connectivity index (χ1n) is 8.65. The Morgan fingerprint density at radius 3 is 2.26 bits per heavy atom. The van der Waals surface area contributed by atoms with E-state index in [1.165, 1.54) is 77.4 Å². The highest BCUT2D eigenvalue weighted by atomic mass is 15.7. The predicted octanol–water partition coefficient (Wildman–Crippen LogP) is 2.77.